The molecular weight excluding hydrogens is 276 g/mol. The lowest BCUT2D eigenvalue weighted by Gasteiger charge is -2.07. The Labute approximate surface area is 110 Å². The van der Waals surface area contributed by atoms with Gasteiger partial charge in [0, 0.05) is 10.9 Å². The molecule has 1 heterocycles. The molecule has 0 unspecified atom stereocenters. The van der Waals surface area contributed by atoms with Crippen molar-refractivity contribution in [2.45, 2.75) is 13.5 Å². The molecular formula is C12H9F2NO3S. The van der Waals surface area contributed by atoms with Crippen molar-refractivity contribution in [3.05, 3.63) is 44.4 Å². The summed E-state index contributed by atoms with van der Waals surface area (Å²) in [4.78, 5) is 21.7. The van der Waals surface area contributed by atoms with Crippen LogP contribution < -0.4 is 4.87 Å². The minimum absolute atomic E-state index is 0.0637. The van der Waals surface area contributed by atoms with Crippen LogP contribution in [-0.2, 0) is 11.3 Å². The second-order valence-electron chi connectivity index (χ2n) is 3.95. The Kier molecular flexibility index (Phi) is 3.48. The topological polar surface area (TPSA) is 59.3 Å². The smallest absolute Gasteiger partial charge is 0.323 e. The number of carboxylic acid groups (broad SMARTS) is 1. The standard InChI is InChI=1S/C12H9F2NO3S/c1-6-2-9(14)7(3-8(6)13)10-5-19-12(18)15(10)4-11(16)17/h2-3,5H,4H2,1H3,(H,16,17). The van der Waals surface area contributed by atoms with Gasteiger partial charge in [-0.2, -0.15) is 0 Å². The van der Waals surface area contributed by atoms with Gasteiger partial charge in [-0.1, -0.05) is 11.3 Å². The van der Waals surface area contributed by atoms with E-state index in [0.717, 1.165) is 28.0 Å². The van der Waals surface area contributed by atoms with Crippen molar-refractivity contribution in [3.8, 4) is 11.3 Å². The van der Waals surface area contributed by atoms with Crippen LogP contribution in [-0.4, -0.2) is 15.6 Å². The molecule has 0 saturated carbocycles. The summed E-state index contributed by atoms with van der Waals surface area (Å²) < 4.78 is 28.2. The van der Waals surface area contributed by atoms with E-state index >= 15 is 0 Å². The fourth-order valence-corrected chi connectivity index (χ4v) is 2.43. The first kappa shape index (κ1) is 13.4. The molecule has 0 atom stereocenters. The highest BCUT2D eigenvalue weighted by Gasteiger charge is 2.16. The van der Waals surface area contributed by atoms with Crippen molar-refractivity contribution >= 4 is 17.3 Å². The summed E-state index contributed by atoms with van der Waals surface area (Å²) in [6, 6.07) is 1.97. The summed E-state index contributed by atoms with van der Waals surface area (Å²) in [5, 5.41) is 10.0. The zero-order valence-electron chi connectivity index (χ0n) is 9.81. The lowest BCUT2D eigenvalue weighted by Crippen LogP contribution is -2.20. The Balaban J connectivity index is 2.63. The highest BCUT2D eigenvalue weighted by atomic mass is 32.1. The molecule has 0 aliphatic heterocycles. The van der Waals surface area contributed by atoms with Gasteiger partial charge in [-0.3, -0.25) is 14.2 Å². The van der Waals surface area contributed by atoms with Crippen molar-refractivity contribution in [1.29, 1.82) is 0 Å². The predicted octanol–water partition coefficient (Wildman–Crippen LogP) is 2.25. The number of hydrogen-bond donors (Lipinski definition) is 1. The van der Waals surface area contributed by atoms with E-state index in [0.29, 0.717) is 0 Å². The van der Waals surface area contributed by atoms with Crippen LogP contribution in [0.1, 0.15) is 5.56 Å². The lowest BCUT2D eigenvalue weighted by molar-refractivity contribution is -0.137. The molecule has 1 N–H and O–H groups in total. The minimum atomic E-state index is -1.23. The number of carbonyl (C=O) groups is 1. The molecule has 2 aromatic rings. The molecule has 19 heavy (non-hydrogen) atoms. The molecule has 0 fully saturated rings. The molecule has 100 valence electrons. The maximum atomic E-state index is 13.8. The third kappa shape index (κ3) is 2.55. The second-order valence-corrected chi connectivity index (χ2v) is 4.77. The van der Waals surface area contributed by atoms with Crippen molar-refractivity contribution in [2.75, 3.05) is 0 Å². The van der Waals surface area contributed by atoms with E-state index in [-0.39, 0.29) is 16.8 Å². The van der Waals surface area contributed by atoms with Crippen molar-refractivity contribution < 1.29 is 18.7 Å². The van der Waals surface area contributed by atoms with Gasteiger partial charge in [0.25, 0.3) is 0 Å². The van der Waals surface area contributed by atoms with Crippen LogP contribution in [0.25, 0.3) is 11.3 Å². The van der Waals surface area contributed by atoms with E-state index in [2.05, 4.69) is 0 Å². The Hall–Kier alpha value is -2.02. The van der Waals surface area contributed by atoms with Gasteiger partial charge >= 0.3 is 10.8 Å². The van der Waals surface area contributed by atoms with E-state index in [1.54, 1.807) is 0 Å². The molecule has 0 aliphatic carbocycles. The van der Waals surface area contributed by atoms with Crippen LogP contribution in [0.5, 0.6) is 0 Å². The van der Waals surface area contributed by atoms with Crippen molar-refractivity contribution in [1.82, 2.24) is 4.57 Å². The molecule has 0 radical (unpaired) electrons. The summed E-state index contributed by atoms with van der Waals surface area (Å²) >= 11 is 0.742. The Morgan fingerprint density at radius 1 is 1.37 bits per heavy atom. The number of aliphatic carboxylic acids is 1. The lowest BCUT2D eigenvalue weighted by atomic mass is 10.1. The Bertz CT molecular complexity index is 705. The van der Waals surface area contributed by atoms with Crippen LogP contribution in [0, 0.1) is 18.6 Å². The molecule has 0 spiro atoms. The van der Waals surface area contributed by atoms with Crippen molar-refractivity contribution in [2.24, 2.45) is 0 Å². The third-order valence-corrected chi connectivity index (χ3v) is 3.36. The number of rotatable bonds is 3. The number of carboxylic acids is 1. The minimum Gasteiger partial charge on any atom is -0.480 e. The summed E-state index contributed by atoms with van der Waals surface area (Å²) in [6.07, 6.45) is 0. The van der Waals surface area contributed by atoms with Gasteiger partial charge in [-0.25, -0.2) is 8.78 Å². The largest absolute Gasteiger partial charge is 0.480 e. The van der Waals surface area contributed by atoms with Gasteiger partial charge in [0.2, 0.25) is 0 Å². The first-order valence-electron chi connectivity index (χ1n) is 5.26. The summed E-state index contributed by atoms with van der Waals surface area (Å²) in [7, 11) is 0. The number of thiazole rings is 1. The van der Waals surface area contributed by atoms with Crippen LogP contribution in [0.4, 0.5) is 8.78 Å². The fourth-order valence-electron chi connectivity index (χ4n) is 1.67. The number of hydrogen-bond acceptors (Lipinski definition) is 3. The number of halogens is 2. The maximum Gasteiger partial charge on any atom is 0.323 e. The zero-order valence-corrected chi connectivity index (χ0v) is 10.6. The van der Waals surface area contributed by atoms with Gasteiger partial charge in [0.15, 0.2) is 0 Å². The van der Waals surface area contributed by atoms with Crippen LogP contribution in [0.3, 0.4) is 0 Å². The van der Waals surface area contributed by atoms with Gasteiger partial charge in [-0.15, -0.1) is 0 Å². The first-order valence-corrected chi connectivity index (χ1v) is 6.14. The zero-order chi connectivity index (χ0) is 14.2. The number of benzene rings is 1. The molecule has 0 bridgehead atoms. The highest BCUT2D eigenvalue weighted by molar-refractivity contribution is 7.07. The van der Waals surface area contributed by atoms with E-state index in [4.69, 9.17) is 5.11 Å². The first-order chi connectivity index (χ1) is 8.90. The van der Waals surface area contributed by atoms with Gasteiger partial charge < -0.3 is 5.11 Å². The molecule has 2 rings (SSSR count). The van der Waals surface area contributed by atoms with E-state index < -0.39 is 29.0 Å². The third-order valence-electron chi connectivity index (χ3n) is 2.60. The summed E-state index contributed by atoms with van der Waals surface area (Å²) in [5.41, 5.74) is 0.0834. The van der Waals surface area contributed by atoms with Crippen LogP contribution in [0.2, 0.25) is 0 Å². The Morgan fingerprint density at radius 3 is 2.68 bits per heavy atom. The van der Waals surface area contributed by atoms with Crippen LogP contribution in [0.15, 0.2) is 22.3 Å². The van der Waals surface area contributed by atoms with Crippen LogP contribution >= 0.6 is 11.3 Å². The van der Waals surface area contributed by atoms with Crippen molar-refractivity contribution in [3.63, 3.8) is 0 Å². The average Bonchev–Trinajstić information content (AvgIpc) is 2.65. The molecule has 0 saturated heterocycles. The summed E-state index contributed by atoms with van der Waals surface area (Å²) in [6.45, 7) is 0.826. The maximum absolute atomic E-state index is 13.8. The second kappa shape index (κ2) is 4.93. The number of aromatic nitrogens is 1. The number of aryl methyl sites for hydroxylation is 1. The molecule has 0 amide bonds. The highest BCUT2D eigenvalue weighted by Crippen LogP contribution is 2.26. The normalized spacial score (nSPS) is 10.7. The van der Waals surface area contributed by atoms with E-state index in [1.807, 2.05) is 0 Å². The SMILES string of the molecule is Cc1cc(F)c(-c2csc(=O)n2CC(=O)O)cc1F. The van der Waals surface area contributed by atoms with Gasteiger partial charge in [-0.05, 0) is 24.6 Å². The Morgan fingerprint density at radius 2 is 2.05 bits per heavy atom. The van der Waals surface area contributed by atoms with E-state index in [1.165, 1.54) is 12.3 Å². The van der Waals surface area contributed by atoms with E-state index in [9.17, 15) is 18.4 Å². The fraction of sp³-hybridized carbons (Fsp3) is 0.167. The molecule has 4 nitrogen and oxygen atoms in total. The van der Waals surface area contributed by atoms with Gasteiger partial charge in [0.05, 0.1) is 5.69 Å². The predicted molar refractivity (Wildman–Crippen MR) is 66.3 cm³/mol. The quantitative estimate of drug-likeness (QED) is 0.941. The average molecular weight is 285 g/mol. The van der Waals surface area contributed by atoms with Gasteiger partial charge in [0.1, 0.15) is 18.2 Å². The summed E-state index contributed by atoms with van der Waals surface area (Å²) in [5.74, 6) is -2.54. The number of nitrogens with zero attached hydrogens (tertiary/aromatic N) is 1. The monoisotopic (exact) mass is 285 g/mol. The molecule has 0 aliphatic rings. The molecule has 1 aromatic heterocycles. The molecule has 1 aromatic carbocycles. The molecule has 7 heteroatoms.